The lowest BCUT2D eigenvalue weighted by Crippen LogP contribution is -2.47. The van der Waals surface area contributed by atoms with Crippen molar-refractivity contribution in [3.63, 3.8) is 0 Å². The summed E-state index contributed by atoms with van der Waals surface area (Å²) in [5.74, 6) is -0.138. The summed E-state index contributed by atoms with van der Waals surface area (Å²) in [6.45, 7) is 8.69. The zero-order valence-corrected chi connectivity index (χ0v) is 11.5. The first kappa shape index (κ1) is 16.2. The fourth-order valence-corrected chi connectivity index (χ4v) is 1.62. The van der Waals surface area contributed by atoms with E-state index in [1.54, 1.807) is 0 Å². The van der Waals surface area contributed by atoms with Gasteiger partial charge in [0.2, 0.25) is 5.91 Å². The molecule has 0 spiro atoms. The van der Waals surface area contributed by atoms with Gasteiger partial charge < -0.3 is 10.2 Å². The summed E-state index contributed by atoms with van der Waals surface area (Å²) in [6, 6.07) is -0.460. The predicted octanol–water partition coefficient (Wildman–Crippen LogP) is 1.17. The maximum absolute atomic E-state index is 11.4. The summed E-state index contributed by atoms with van der Waals surface area (Å²) in [7, 11) is 0. The largest absolute Gasteiger partial charge is 0.334 e. The zero-order valence-electron chi connectivity index (χ0n) is 10.8. The van der Waals surface area contributed by atoms with Gasteiger partial charge in [-0.05, 0) is 20.0 Å². The number of imide groups is 1. The minimum absolute atomic E-state index is 0.00120. The zero-order chi connectivity index (χ0) is 13.3. The Labute approximate surface area is 108 Å². The number of nitrogens with zero attached hydrogens (tertiary/aromatic N) is 1. The molecule has 6 heteroatoms. The topological polar surface area (TPSA) is 61.4 Å². The number of carbonyl (C=O) groups excluding carboxylic acids is 2. The molecule has 5 nitrogen and oxygen atoms in total. The van der Waals surface area contributed by atoms with Crippen molar-refractivity contribution in [2.24, 2.45) is 0 Å². The van der Waals surface area contributed by atoms with Crippen LogP contribution in [0.5, 0.6) is 0 Å². The first-order valence-corrected chi connectivity index (χ1v) is 6.45. The van der Waals surface area contributed by atoms with Gasteiger partial charge in [0, 0.05) is 24.9 Å². The highest BCUT2D eigenvalue weighted by molar-refractivity contribution is 6.19. The standard InChI is InChI=1S/C11H22ClN3O2/c1-4-15(5-2)8-9(3)13-11(17)14-10(16)6-7-12/h9H,4-8H2,1-3H3,(H2,13,14,16,17). The number of carbonyl (C=O) groups is 2. The van der Waals surface area contributed by atoms with E-state index in [-0.39, 0.29) is 24.2 Å². The summed E-state index contributed by atoms with van der Waals surface area (Å²) < 4.78 is 0. The predicted molar refractivity (Wildman–Crippen MR) is 69.3 cm³/mol. The molecule has 1 unspecified atom stereocenters. The molecular weight excluding hydrogens is 242 g/mol. The molecule has 0 saturated carbocycles. The van der Waals surface area contributed by atoms with Crippen LogP contribution >= 0.6 is 11.6 Å². The van der Waals surface area contributed by atoms with Crippen LogP contribution in [-0.2, 0) is 4.79 Å². The molecule has 0 aliphatic heterocycles. The monoisotopic (exact) mass is 263 g/mol. The van der Waals surface area contributed by atoms with E-state index in [0.717, 1.165) is 19.6 Å². The molecule has 17 heavy (non-hydrogen) atoms. The normalized spacial score (nSPS) is 12.3. The van der Waals surface area contributed by atoms with Crippen LogP contribution in [0.3, 0.4) is 0 Å². The van der Waals surface area contributed by atoms with Crippen LogP contribution in [0, 0.1) is 0 Å². The van der Waals surface area contributed by atoms with Gasteiger partial charge in [-0.1, -0.05) is 13.8 Å². The van der Waals surface area contributed by atoms with E-state index in [0.29, 0.717) is 0 Å². The SMILES string of the molecule is CCN(CC)CC(C)NC(=O)NC(=O)CCCl. The third kappa shape index (κ3) is 7.99. The average molecular weight is 264 g/mol. The van der Waals surface area contributed by atoms with Gasteiger partial charge in [-0.15, -0.1) is 11.6 Å². The van der Waals surface area contributed by atoms with E-state index in [1.165, 1.54) is 0 Å². The highest BCUT2D eigenvalue weighted by Gasteiger charge is 2.12. The smallest absolute Gasteiger partial charge is 0.321 e. The van der Waals surface area contributed by atoms with Crippen molar-refractivity contribution in [2.75, 3.05) is 25.5 Å². The van der Waals surface area contributed by atoms with Crippen LogP contribution in [0.25, 0.3) is 0 Å². The Kier molecular flexibility index (Phi) is 8.80. The highest BCUT2D eigenvalue weighted by Crippen LogP contribution is 1.91. The molecule has 0 radical (unpaired) electrons. The van der Waals surface area contributed by atoms with Gasteiger partial charge in [-0.3, -0.25) is 10.1 Å². The van der Waals surface area contributed by atoms with Crippen molar-refractivity contribution in [3.8, 4) is 0 Å². The second kappa shape index (κ2) is 9.24. The fraction of sp³-hybridized carbons (Fsp3) is 0.818. The molecule has 0 rings (SSSR count). The van der Waals surface area contributed by atoms with Gasteiger partial charge in [-0.25, -0.2) is 4.79 Å². The maximum atomic E-state index is 11.4. The van der Waals surface area contributed by atoms with Crippen LogP contribution < -0.4 is 10.6 Å². The van der Waals surface area contributed by atoms with Crippen molar-refractivity contribution in [3.05, 3.63) is 0 Å². The Morgan fingerprint density at radius 2 is 1.88 bits per heavy atom. The van der Waals surface area contributed by atoms with Crippen LogP contribution in [0.15, 0.2) is 0 Å². The van der Waals surface area contributed by atoms with E-state index in [4.69, 9.17) is 11.6 Å². The quantitative estimate of drug-likeness (QED) is 0.678. The molecular formula is C11H22ClN3O2. The van der Waals surface area contributed by atoms with Gasteiger partial charge in [-0.2, -0.15) is 0 Å². The Hall–Kier alpha value is -0.810. The Morgan fingerprint density at radius 3 is 2.35 bits per heavy atom. The van der Waals surface area contributed by atoms with Gasteiger partial charge in [0.1, 0.15) is 0 Å². The van der Waals surface area contributed by atoms with E-state index in [1.807, 2.05) is 6.92 Å². The van der Waals surface area contributed by atoms with Crippen molar-refractivity contribution < 1.29 is 9.59 Å². The minimum atomic E-state index is -0.459. The number of rotatable bonds is 7. The van der Waals surface area contributed by atoms with E-state index >= 15 is 0 Å². The molecule has 0 aromatic rings. The van der Waals surface area contributed by atoms with E-state index in [2.05, 4.69) is 29.4 Å². The second-order valence-electron chi connectivity index (χ2n) is 3.85. The van der Waals surface area contributed by atoms with Gasteiger partial charge in [0.05, 0.1) is 0 Å². The lowest BCUT2D eigenvalue weighted by atomic mass is 10.3. The molecule has 0 heterocycles. The summed E-state index contributed by atoms with van der Waals surface area (Å²) in [5, 5.41) is 4.94. The van der Waals surface area contributed by atoms with Crippen molar-refractivity contribution in [1.82, 2.24) is 15.5 Å². The average Bonchev–Trinajstić information content (AvgIpc) is 2.25. The molecule has 1 atom stereocenters. The van der Waals surface area contributed by atoms with Crippen LogP contribution in [0.4, 0.5) is 4.79 Å². The summed E-state index contributed by atoms with van der Waals surface area (Å²) in [6.07, 6.45) is 0.152. The fourth-order valence-electron chi connectivity index (χ4n) is 1.45. The van der Waals surface area contributed by atoms with E-state index in [9.17, 15) is 9.59 Å². The minimum Gasteiger partial charge on any atom is -0.334 e. The van der Waals surface area contributed by atoms with Crippen LogP contribution in [0.2, 0.25) is 0 Å². The molecule has 0 fully saturated rings. The Bertz CT molecular complexity index is 245. The number of urea groups is 1. The number of hydrogen-bond donors (Lipinski definition) is 2. The maximum Gasteiger partial charge on any atom is 0.321 e. The summed E-state index contributed by atoms with van der Waals surface area (Å²) in [5.41, 5.74) is 0. The first-order chi connectivity index (χ1) is 8.03. The second-order valence-corrected chi connectivity index (χ2v) is 4.23. The number of nitrogens with one attached hydrogen (secondary N) is 2. The van der Waals surface area contributed by atoms with Crippen LogP contribution in [-0.4, -0.2) is 48.4 Å². The summed E-state index contributed by atoms with van der Waals surface area (Å²) >= 11 is 5.39. The molecule has 2 N–H and O–H groups in total. The third-order valence-electron chi connectivity index (χ3n) is 2.38. The van der Waals surface area contributed by atoms with Crippen LogP contribution in [0.1, 0.15) is 27.2 Å². The Balaban J connectivity index is 3.90. The number of amides is 3. The number of hydrogen-bond acceptors (Lipinski definition) is 3. The number of alkyl halides is 1. The highest BCUT2D eigenvalue weighted by atomic mass is 35.5. The summed E-state index contributed by atoms with van der Waals surface area (Å²) in [4.78, 5) is 24.7. The molecule has 0 aromatic carbocycles. The number of likely N-dealkylation sites (N-methyl/N-ethyl adjacent to an activating group) is 1. The molecule has 0 bridgehead atoms. The van der Waals surface area contributed by atoms with Gasteiger partial charge in [0.15, 0.2) is 0 Å². The third-order valence-corrected chi connectivity index (χ3v) is 2.57. The molecule has 0 aliphatic rings. The van der Waals surface area contributed by atoms with E-state index < -0.39 is 6.03 Å². The first-order valence-electron chi connectivity index (χ1n) is 5.92. The molecule has 100 valence electrons. The molecule has 3 amide bonds. The van der Waals surface area contributed by atoms with Gasteiger partial charge in [0.25, 0.3) is 0 Å². The van der Waals surface area contributed by atoms with Gasteiger partial charge >= 0.3 is 6.03 Å². The molecule has 0 aromatic heterocycles. The Morgan fingerprint density at radius 1 is 1.29 bits per heavy atom. The lowest BCUT2D eigenvalue weighted by Gasteiger charge is -2.23. The molecule has 0 saturated heterocycles. The molecule has 0 aliphatic carbocycles. The van der Waals surface area contributed by atoms with Crippen molar-refractivity contribution in [1.29, 1.82) is 0 Å². The van der Waals surface area contributed by atoms with Crippen molar-refractivity contribution in [2.45, 2.75) is 33.2 Å². The lowest BCUT2D eigenvalue weighted by molar-refractivity contribution is -0.119. The van der Waals surface area contributed by atoms with Crippen molar-refractivity contribution >= 4 is 23.5 Å². The number of halogens is 1.